The third kappa shape index (κ3) is 3.63. The molecule has 2 aromatic rings. The molecule has 0 bridgehead atoms. The summed E-state index contributed by atoms with van der Waals surface area (Å²) >= 11 is 1.34. The SMILES string of the molecule is CNc1nc(SCCC(=O)OC)nc(-n2cncn2)n1. The molecule has 0 spiro atoms. The number of nitrogens with one attached hydrogen (secondary N) is 1. The van der Waals surface area contributed by atoms with E-state index in [1.165, 1.54) is 36.2 Å². The van der Waals surface area contributed by atoms with Crippen molar-refractivity contribution in [2.24, 2.45) is 0 Å². The molecule has 0 saturated carbocycles. The molecule has 0 radical (unpaired) electrons. The Labute approximate surface area is 119 Å². The third-order valence-corrected chi connectivity index (χ3v) is 3.06. The van der Waals surface area contributed by atoms with E-state index in [4.69, 9.17) is 0 Å². The summed E-state index contributed by atoms with van der Waals surface area (Å²) in [5.74, 6) is 1.04. The number of rotatable bonds is 6. The number of aromatic nitrogens is 6. The van der Waals surface area contributed by atoms with Gasteiger partial charge in [-0.3, -0.25) is 4.79 Å². The van der Waals surface area contributed by atoms with E-state index in [2.05, 4.69) is 35.1 Å². The molecule has 0 fully saturated rings. The van der Waals surface area contributed by atoms with Crippen LogP contribution in [0.4, 0.5) is 5.95 Å². The van der Waals surface area contributed by atoms with E-state index in [9.17, 15) is 4.79 Å². The fraction of sp³-hybridized carbons (Fsp3) is 0.400. The van der Waals surface area contributed by atoms with Crippen LogP contribution in [0, 0.1) is 0 Å². The van der Waals surface area contributed by atoms with Crippen LogP contribution in [0.25, 0.3) is 5.95 Å². The molecule has 2 rings (SSSR count). The van der Waals surface area contributed by atoms with Crippen molar-refractivity contribution in [3.05, 3.63) is 12.7 Å². The molecule has 1 N–H and O–H groups in total. The van der Waals surface area contributed by atoms with Crippen molar-refractivity contribution in [3.8, 4) is 5.95 Å². The summed E-state index contributed by atoms with van der Waals surface area (Å²) in [4.78, 5) is 27.5. The van der Waals surface area contributed by atoms with E-state index in [0.29, 0.717) is 29.2 Å². The highest BCUT2D eigenvalue weighted by molar-refractivity contribution is 7.99. The highest BCUT2D eigenvalue weighted by atomic mass is 32.2. The average Bonchev–Trinajstić information content (AvgIpc) is 3.01. The maximum atomic E-state index is 11.1. The molecule has 0 atom stereocenters. The Hall–Kier alpha value is -2.23. The summed E-state index contributed by atoms with van der Waals surface area (Å²) in [5, 5.41) is 7.32. The third-order valence-electron chi connectivity index (χ3n) is 2.22. The van der Waals surface area contributed by atoms with Crippen molar-refractivity contribution in [2.45, 2.75) is 11.6 Å². The second kappa shape index (κ2) is 6.80. The topological polar surface area (TPSA) is 108 Å². The fourth-order valence-electron chi connectivity index (χ4n) is 1.26. The Balaban J connectivity index is 2.12. The van der Waals surface area contributed by atoms with E-state index in [0.717, 1.165) is 0 Å². The Morgan fingerprint density at radius 3 is 2.95 bits per heavy atom. The Morgan fingerprint density at radius 1 is 1.45 bits per heavy atom. The van der Waals surface area contributed by atoms with Gasteiger partial charge in [0.2, 0.25) is 5.95 Å². The maximum Gasteiger partial charge on any atom is 0.306 e. The van der Waals surface area contributed by atoms with Gasteiger partial charge in [-0.25, -0.2) is 4.98 Å². The first kappa shape index (κ1) is 14.2. The minimum Gasteiger partial charge on any atom is -0.469 e. The van der Waals surface area contributed by atoms with Crippen LogP contribution in [0.2, 0.25) is 0 Å². The number of esters is 1. The first-order chi connectivity index (χ1) is 9.72. The quantitative estimate of drug-likeness (QED) is 0.588. The Kier molecular flexibility index (Phi) is 4.82. The highest BCUT2D eigenvalue weighted by Crippen LogP contribution is 2.16. The van der Waals surface area contributed by atoms with Crippen LogP contribution in [0.3, 0.4) is 0 Å². The lowest BCUT2D eigenvalue weighted by Crippen LogP contribution is -2.08. The predicted molar refractivity (Wildman–Crippen MR) is 71.6 cm³/mol. The number of hydrogen-bond acceptors (Lipinski definition) is 9. The molecule has 0 saturated heterocycles. The molecule has 2 aromatic heterocycles. The smallest absolute Gasteiger partial charge is 0.306 e. The average molecular weight is 295 g/mol. The number of carbonyl (C=O) groups is 1. The molecule has 9 nitrogen and oxygen atoms in total. The van der Waals surface area contributed by atoms with Gasteiger partial charge in [0.25, 0.3) is 5.95 Å². The summed E-state index contributed by atoms with van der Waals surface area (Å²) in [6.07, 6.45) is 3.19. The van der Waals surface area contributed by atoms with E-state index in [-0.39, 0.29) is 5.97 Å². The van der Waals surface area contributed by atoms with Crippen LogP contribution in [-0.2, 0) is 9.53 Å². The van der Waals surface area contributed by atoms with Gasteiger partial charge in [-0.1, -0.05) is 11.8 Å². The van der Waals surface area contributed by atoms with Crippen molar-refractivity contribution in [3.63, 3.8) is 0 Å². The molecule has 20 heavy (non-hydrogen) atoms. The molecule has 0 aliphatic rings. The molecule has 0 aliphatic carbocycles. The van der Waals surface area contributed by atoms with Gasteiger partial charge in [-0.2, -0.15) is 24.7 Å². The number of ether oxygens (including phenoxy) is 1. The summed E-state index contributed by atoms with van der Waals surface area (Å²) in [5.41, 5.74) is 0. The second-order valence-electron chi connectivity index (χ2n) is 3.51. The molecule has 10 heteroatoms. The van der Waals surface area contributed by atoms with Crippen LogP contribution in [0.5, 0.6) is 0 Å². The monoisotopic (exact) mass is 295 g/mol. The highest BCUT2D eigenvalue weighted by Gasteiger charge is 2.09. The Morgan fingerprint density at radius 2 is 2.30 bits per heavy atom. The molecule has 106 valence electrons. The van der Waals surface area contributed by atoms with E-state index >= 15 is 0 Å². The van der Waals surface area contributed by atoms with Gasteiger partial charge >= 0.3 is 5.97 Å². The number of carbonyl (C=O) groups excluding carboxylic acids is 1. The van der Waals surface area contributed by atoms with Gasteiger partial charge in [0, 0.05) is 12.8 Å². The van der Waals surface area contributed by atoms with Gasteiger partial charge < -0.3 is 10.1 Å². The number of methoxy groups -OCH3 is 1. The normalized spacial score (nSPS) is 10.3. The largest absolute Gasteiger partial charge is 0.469 e. The zero-order valence-corrected chi connectivity index (χ0v) is 11.8. The van der Waals surface area contributed by atoms with Crippen molar-refractivity contribution in [1.29, 1.82) is 0 Å². The van der Waals surface area contributed by atoms with Gasteiger partial charge in [0.15, 0.2) is 5.16 Å². The van der Waals surface area contributed by atoms with Crippen molar-refractivity contribution in [2.75, 3.05) is 25.2 Å². The fourth-order valence-corrected chi connectivity index (χ4v) is 2.01. The molecular formula is C10H13N7O2S. The van der Waals surface area contributed by atoms with E-state index in [1.54, 1.807) is 7.05 Å². The van der Waals surface area contributed by atoms with Gasteiger partial charge in [-0.15, -0.1) is 0 Å². The standard InChI is InChI=1S/C10H13N7O2S/c1-11-8-14-9(17-6-12-5-13-17)16-10(15-8)20-4-3-7(18)19-2/h5-6H,3-4H2,1-2H3,(H,11,14,15,16). The van der Waals surface area contributed by atoms with E-state index in [1.807, 2.05) is 0 Å². The lowest BCUT2D eigenvalue weighted by atomic mass is 10.5. The predicted octanol–water partition coefficient (Wildman–Crippen LogP) is 0.149. The second-order valence-corrected chi connectivity index (χ2v) is 4.57. The van der Waals surface area contributed by atoms with Crippen molar-refractivity contribution in [1.82, 2.24) is 29.7 Å². The first-order valence-corrected chi connectivity index (χ1v) is 6.70. The minimum absolute atomic E-state index is 0.267. The molecule has 0 unspecified atom stereocenters. The van der Waals surface area contributed by atoms with Crippen LogP contribution in [-0.4, -0.2) is 55.6 Å². The summed E-state index contributed by atoms with van der Waals surface area (Å²) in [6.45, 7) is 0. The lowest BCUT2D eigenvalue weighted by molar-refractivity contribution is -0.140. The number of hydrogen-bond donors (Lipinski definition) is 1. The zero-order chi connectivity index (χ0) is 14.4. The Bertz CT molecular complexity index is 575. The van der Waals surface area contributed by atoms with Gasteiger partial charge in [0.1, 0.15) is 12.7 Å². The van der Waals surface area contributed by atoms with Crippen molar-refractivity contribution < 1.29 is 9.53 Å². The molecule has 0 aromatic carbocycles. The number of anilines is 1. The van der Waals surface area contributed by atoms with Crippen LogP contribution >= 0.6 is 11.8 Å². The molecule has 2 heterocycles. The number of thioether (sulfide) groups is 1. The first-order valence-electron chi connectivity index (χ1n) is 5.71. The van der Waals surface area contributed by atoms with Gasteiger partial charge in [0.05, 0.1) is 13.5 Å². The molecular weight excluding hydrogens is 282 g/mol. The van der Waals surface area contributed by atoms with Crippen LogP contribution in [0.15, 0.2) is 17.8 Å². The van der Waals surface area contributed by atoms with E-state index < -0.39 is 0 Å². The van der Waals surface area contributed by atoms with Gasteiger partial charge in [-0.05, 0) is 0 Å². The summed E-state index contributed by atoms with van der Waals surface area (Å²) in [6, 6.07) is 0. The van der Waals surface area contributed by atoms with Crippen molar-refractivity contribution >= 4 is 23.7 Å². The molecule has 0 aliphatic heterocycles. The minimum atomic E-state index is -0.267. The maximum absolute atomic E-state index is 11.1. The summed E-state index contributed by atoms with van der Waals surface area (Å²) < 4.78 is 6.01. The zero-order valence-electron chi connectivity index (χ0n) is 11.0. The summed E-state index contributed by atoms with van der Waals surface area (Å²) in [7, 11) is 3.07. The van der Waals surface area contributed by atoms with Crippen LogP contribution in [0.1, 0.15) is 6.42 Å². The molecule has 0 amide bonds. The van der Waals surface area contributed by atoms with Crippen LogP contribution < -0.4 is 5.32 Å². The number of nitrogens with zero attached hydrogens (tertiary/aromatic N) is 6. The lowest BCUT2D eigenvalue weighted by Gasteiger charge is -2.05.